The molecule has 1 amide bonds. The number of phenols is 1. The minimum Gasteiger partial charge on any atom is -0.507 e. The molecule has 1 saturated heterocycles. The Labute approximate surface area is 192 Å². The number of carbonyl (C=O) groups excluding carboxylic acids is 1. The highest BCUT2D eigenvalue weighted by atomic mass is 16.5. The highest BCUT2D eigenvalue weighted by molar-refractivity contribution is 6.36. The molecule has 3 heterocycles. The molecule has 3 N–H and O–H groups in total. The summed E-state index contributed by atoms with van der Waals surface area (Å²) in [5.74, 6) is 0.685. The number of para-hydroxylation sites is 1. The van der Waals surface area contributed by atoms with Crippen molar-refractivity contribution in [1.29, 1.82) is 0 Å². The second kappa shape index (κ2) is 8.95. The number of fused-ring (bicyclic) bond motifs is 1. The van der Waals surface area contributed by atoms with Crippen LogP contribution in [-0.2, 0) is 16.1 Å². The molecule has 2 aromatic heterocycles. The Morgan fingerprint density at radius 3 is 2.91 bits per heavy atom. The van der Waals surface area contributed by atoms with Crippen LogP contribution in [0.3, 0.4) is 0 Å². The van der Waals surface area contributed by atoms with E-state index in [0.29, 0.717) is 47.0 Å². The zero-order chi connectivity index (χ0) is 22.8. The third-order valence-corrected chi connectivity index (χ3v) is 5.57. The van der Waals surface area contributed by atoms with Gasteiger partial charge in [-0.2, -0.15) is 9.61 Å². The van der Waals surface area contributed by atoms with Crippen molar-refractivity contribution in [2.24, 2.45) is 0 Å². The summed E-state index contributed by atoms with van der Waals surface area (Å²) in [7, 11) is 6.07. The van der Waals surface area contributed by atoms with E-state index in [-0.39, 0.29) is 17.8 Å². The molecule has 2 radical (unpaired) electrons. The van der Waals surface area contributed by atoms with Crippen LogP contribution in [0.4, 0.5) is 11.5 Å². The standard InChI is InChI=1S/C24H22BN5O3/c25-18-14-27-30-22(12-19(29-23(18)30)17-7-1-2-8-20(17)31)26-13-15-5-3-6-16(11-15)28-24(32)21-9-4-10-33-21/h1-3,5-8,11-12,14,21,26,31H,4,9-10,13H2,(H,28,32). The van der Waals surface area contributed by atoms with Gasteiger partial charge in [0.25, 0.3) is 5.91 Å². The lowest BCUT2D eigenvalue weighted by atomic mass is 10.0. The number of nitrogens with zero attached hydrogens (tertiary/aromatic N) is 3. The van der Waals surface area contributed by atoms with Gasteiger partial charge in [0.2, 0.25) is 0 Å². The van der Waals surface area contributed by atoms with Crippen molar-refractivity contribution in [3.05, 3.63) is 66.4 Å². The summed E-state index contributed by atoms with van der Waals surface area (Å²) in [6.07, 6.45) is 2.82. The summed E-state index contributed by atoms with van der Waals surface area (Å²) in [5.41, 5.74) is 3.79. The second-order valence-electron chi connectivity index (χ2n) is 7.92. The number of nitrogens with one attached hydrogen (secondary N) is 2. The molecule has 1 aliphatic heterocycles. The lowest BCUT2D eigenvalue weighted by molar-refractivity contribution is -0.124. The Morgan fingerprint density at radius 2 is 2.09 bits per heavy atom. The maximum absolute atomic E-state index is 12.4. The van der Waals surface area contributed by atoms with Gasteiger partial charge in [0, 0.05) is 36.7 Å². The number of ether oxygens (including phenoxy) is 1. The Bertz CT molecular complexity index is 1320. The molecule has 5 rings (SSSR count). The maximum Gasteiger partial charge on any atom is 0.253 e. The van der Waals surface area contributed by atoms with Crippen molar-refractivity contribution in [3.63, 3.8) is 0 Å². The first-order chi connectivity index (χ1) is 16.1. The van der Waals surface area contributed by atoms with Crippen LogP contribution in [0.1, 0.15) is 18.4 Å². The van der Waals surface area contributed by atoms with Crippen molar-refractivity contribution in [3.8, 4) is 17.0 Å². The van der Waals surface area contributed by atoms with E-state index in [4.69, 9.17) is 12.6 Å². The monoisotopic (exact) mass is 439 g/mol. The third-order valence-electron chi connectivity index (χ3n) is 5.57. The average molecular weight is 439 g/mol. The van der Waals surface area contributed by atoms with Gasteiger partial charge in [0.15, 0.2) is 5.65 Å². The highest BCUT2D eigenvalue weighted by Crippen LogP contribution is 2.29. The zero-order valence-corrected chi connectivity index (χ0v) is 17.9. The largest absolute Gasteiger partial charge is 0.507 e. The second-order valence-corrected chi connectivity index (χ2v) is 7.92. The SMILES string of the molecule is [B]c1cnn2c(NCc3cccc(NC(=O)C4CCCO4)c3)cc(-c3ccccc3O)nc12. The first-order valence-electron chi connectivity index (χ1n) is 10.8. The van der Waals surface area contributed by atoms with Crippen LogP contribution in [0.15, 0.2) is 60.8 Å². The predicted octanol–water partition coefficient (Wildman–Crippen LogP) is 2.63. The van der Waals surface area contributed by atoms with E-state index < -0.39 is 0 Å². The summed E-state index contributed by atoms with van der Waals surface area (Å²) >= 11 is 0. The van der Waals surface area contributed by atoms with Crippen molar-refractivity contribution < 1.29 is 14.6 Å². The fourth-order valence-electron chi connectivity index (χ4n) is 3.89. The molecule has 2 aromatic carbocycles. The molecule has 1 atom stereocenters. The molecule has 8 nitrogen and oxygen atoms in total. The molecule has 1 fully saturated rings. The molecular weight excluding hydrogens is 417 g/mol. The summed E-state index contributed by atoms with van der Waals surface area (Å²) in [5, 5.41) is 20.9. The van der Waals surface area contributed by atoms with Gasteiger partial charge in [-0.05, 0) is 48.1 Å². The van der Waals surface area contributed by atoms with Gasteiger partial charge in [0.05, 0.1) is 5.69 Å². The van der Waals surface area contributed by atoms with E-state index >= 15 is 0 Å². The van der Waals surface area contributed by atoms with Crippen LogP contribution in [0.2, 0.25) is 0 Å². The molecule has 0 aliphatic carbocycles. The van der Waals surface area contributed by atoms with E-state index in [1.54, 1.807) is 28.9 Å². The summed E-state index contributed by atoms with van der Waals surface area (Å²) < 4.78 is 7.08. The molecule has 9 heteroatoms. The van der Waals surface area contributed by atoms with Crippen LogP contribution < -0.4 is 16.1 Å². The Balaban J connectivity index is 1.38. The number of phenolic OH excluding ortho intramolecular Hbond substituents is 1. The van der Waals surface area contributed by atoms with Gasteiger partial charge < -0.3 is 20.5 Å². The van der Waals surface area contributed by atoms with Crippen molar-refractivity contribution in [2.45, 2.75) is 25.5 Å². The van der Waals surface area contributed by atoms with Crippen molar-refractivity contribution in [1.82, 2.24) is 14.6 Å². The quantitative estimate of drug-likeness (QED) is 0.400. The molecule has 164 valence electrons. The average Bonchev–Trinajstić information content (AvgIpc) is 3.49. The minimum absolute atomic E-state index is 0.118. The topological polar surface area (TPSA) is 101 Å². The predicted molar refractivity (Wildman–Crippen MR) is 127 cm³/mol. The van der Waals surface area contributed by atoms with Gasteiger partial charge in [0.1, 0.15) is 25.5 Å². The molecule has 1 unspecified atom stereocenters. The number of anilines is 2. The first-order valence-corrected chi connectivity index (χ1v) is 10.8. The number of hydrogen-bond donors (Lipinski definition) is 3. The van der Waals surface area contributed by atoms with Gasteiger partial charge >= 0.3 is 0 Å². The number of amides is 1. The van der Waals surface area contributed by atoms with Crippen LogP contribution >= 0.6 is 0 Å². The van der Waals surface area contributed by atoms with Crippen LogP contribution in [0, 0.1) is 0 Å². The van der Waals surface area contributed by atoms with E-state index in [9.17, 15) is 9.90 Å². The van der Waals surface area contributed by atoms with Gasteiger partial charge in [-0.3, -0.25) is 4.79 Å². The van der Waals surface area contributed by atoms with Crippen LogP contribution in [0.5, 0.6) is 5.75 Å². The fraction of sp³-hybridized carbons (Fsp3) is 0.208. The van der Waals surface area contributed by atoms with Crippen LogP contribution in [-0.4, -0.2) is 46.2 Å². The lowest BCUT2D eigenvalue weighted by Gasteiger charge is -2.13. The molecular formula is C24H22BN5O3. The number of benzene rings is 2. The van der Waals surface area contributed by atoms with Crippen LogP contribution in [0.25, 0.3) is 16.9 Å². The van der Waals surface area contributed by atoms with Gasteiger partial charge in [-0.15, -0.1) is 0 Å². The van der Waals surface area contributed by atoms with Crippen molar-refractivity contribution >= 4 is 36.4 Å². The minimum atomic E-state index is -0.380. The van der Waals surface area contributed by atoms with E-state index in [1.807, 2.05) is 36.4 Å². The Morgan fingerprint density at radius 1 is 1.21 bits per heavy atom. The summed E-state index contributed by atoms with van der Waals surface area (Å²) in [6.45, 7) is 1.10. The Kier molecular flexibility index (Phi) is 5.70. The van der Waals surface area contributed by atoms with Gasteiger partial charge in [-0.1, -0.05) is 24.3 Å². The maximum atomic E-state index is 12.4. The number of aromatic hydroxyl groups is 1. The van der Waals surface area contributed by atoms with E-state index in [0.717, 1.165) is 18.4 Å². The molecule has 0 bridgehead atoms. The third kappa shape index (κ3) is 4.40. The van der Waals surface area contributed by atoms with Gasteiger partial charge in [-0.25, -0.2) is 4.98 Å². The molecule has 0 saturated carbocycles. The highest BCUT2D eigenvalue weighted by Gasteiger charge is 2.23. The first kappa shape index (κ1) is 21.0. The molecule has 1 aliphatic rings. The number of carbonyl (C=O) groups is 1. The van der Waals surface area contributed by atoms with E-state index in [2.05, 4.69) is 20.7 Å². The molecule has 4 aromatic rings. The normalized spacial score (nSPS) is 15.6. The fourth-order valence-corrected chi connectivity index (χ4v) is 3.89. The zero-order valence-electron chi connectivity index (χ0n) is 17.9. The summed E-state index contributed by atoms with van der Waals surface area (Å²) in [4.78, 5) is 16.9. The smallest absolute Gasteiger partial charge is 0.253 e. The molecule has 33 heavy (non-hydrogen) atoms. The van der Waals surface area contributed by atoms with Crippen molar-refractivity contribution in [2.75, 3.05) is 17.2 Å². The Hall–Kier alpha value is -3.85. The summed E-state index contributed by atoms with van der Waals surface area (Å²) in [6, 6.07) is 16.5. The van der Waals surface area contributed by atoms with E-state index in [1.165, 1.54) is 0 Å². The number of rotatable bonds is 6. The number of hydrogen-bond acceptors (Lipinski definition) is 6. The number of aromatic nitrogens is 3. The molecule has 0 spiro atoms. The lowest BCUT2D eigenvalue weighted by Crippen LogP contribution is -2.26.